The molecule has 0 bridgehead atoms. The summed E-state index contributed by atoms with van der Waals surface area (Å²) in [5, 5.41) is 0. The lowest BCUT2D eigenvalue weighted by Crippen LogP contribution is -2.30. The van der Waals surface area contributed by atoms with Crippen molar-refractivity contribution < 1.29 is 22.4 Å². The van der Waals surface area contributed by atoms with Crippen molar-refractivity contribution in [3.63, 3.8) is 0 Å². The number of pyridine rings is 1. The second-order valence-electron chi connectivity index (χ2n) is 5.36. The number of nitrogens with zero attached hydrogens (tertiary/aromatic N) is 2. The number of amides is 1. The van der Waals surface area contributed by atoms with Crippen LogP contribution in [-0.2, 0) is 0 Å². The lowest BCUT2D eigenvalue weighted by Gasteiger charge is -2.17. The molecule has 3 rings (SSSR count). The van der Waals surface area contributed by atoms with Crippen LogP contribution in [0.1, 0.15) is 28.4 Å². The smallest absolute Gasteiger partial charge is 0.275 e. The van der Waals surface area contributed by atoms with E-state index in [0.29, 0.717) is 12.5 Å². The molecule has 120 valence electrons. The molecule has 1 aromatic carbocycles. The highest BCUT2D eigenvalue weighted by Gasteiger charge is 2.32. The third-order valence-corrected chi connectivity index (χ3v) is 3.89. The van der Waals surface area contributed by atoms with E-state index in [0.717, 1.165) is 18.3 Å². The molecule has 1 fully saturated rings. The fourth-order valence-electron chi connectivity index (χ4n) is 2.80. The molecule has 0 saturated carbocycles. The summed E-state index contributed by atoms with van der Waals surface area (Å²) in [6.45, 7) is 0.269. The molecule has 0 spiro atoms. The van der Waals surface area contributed by atoms with Gasteiger partial charge in [-0.25, -0.2) is 22.5 Å². The van der Waals surface area contributed by atoms with Crippen LogP contribution in [-0.4, -0.2) is 28.9 Å². The first-order valence-electron chi connectivity index (χ1n) is 7.01. The number of rotatable bonds is 2. The molecule has 23 heavy (non-hydrogen) atoms. The standard InChI is InChI=1S/C16H12F4N2O/c17-10-6-13(20)15(21-7-10)16(23)22-5-4-9(8-22)14-11(18)2-1-3-12(14)19/h1-3,6-7,9H,4-5,8H2/t9-/m0/s1. The molecule has 1 amide bonds. The lowest BCUT2D eigenvalue weighted by atomic mass is 9.97. The van der Waals surface area contributed by atoms with E-state index in [1.807, 2.05) is 0 Å². The van der Waals surface area contributed by atoms with E-state index in [4.69, 9.17) is 0 Å². The molecule has 1 aromatic heterocycles. The van der Waals surface area contributed by atoms with E-state index >= 15 is 0 Å². The zero-order valence-corrected chi connectivity index (χ0v) is 11.9. The highest BCUT2D eigenvalue weighted by molar-refractivity contribution is 5.92. The van der Waals surface area contributed by atoms with Crippen LogP contribution in [0.5, 0.6) is 0 Å². The second kappa shape index (κ2) is 5.98. The highest BCUT2D eigenvalue weighted by Crippen LogP contribution is 2.31. The first kappa shape index (κ1) is 15.5. The van der Waals surface area contributed by atoms with Gasteiger partial charge in [-0.3, -0.25) is 4.79 Å². The third-order valence-electron chi connectivity index (χ3n) is 3.89. The van der Waals surface area contributed by atoms with Gasteiger partial charge in [0.1, 0.15) is 17.5 Å². The van der Waals surface area contributed by atoms with Gasteiger partial charge in [-0.1, -0.05) is 6.07 Å². The van der Waals surface area contributed by atoms with Crippen LogP contribution in [0.3, 0.4) is 0 Å². The molecule has 3 nitrogen and oxygen atoms in total. The summed E-state index contributed by atoms with van der Waals surface area (Å²) in [5.41, 5.74) is -0.573. The van der Waals surface area contributed by atoms with E-state index in [1.54, 1.807) is 0 Å². The molecule has 2 heterocycles. The van der Waals surface area contributed by atoms with Crippen LogP contribution in [0.2, 0.25) is 0 Å². The summed E-state index contributed by atoms with van der Waals surface area (Å²) in [4.78, 5) is 17.0. The van der Waals surface area contributed by atoms with Crippen molar-refractivity contribution in [3.05, 3.63) is 65.0 Å². The third kappa shape index (κ3) is 2.91. The van der Waals surface area contributed by atoms with Gasteiger partial charge in [0.2, 0.25) is 0 Å². The number of likely N-dealkylation sites (tertiary alicyclic amines) is 1. The maximum Gasteiger partial charge on any atom is 0.275 e. The van der Waals surface area contributed by atoms with E-state index < -0.39 is 40.8 Å². The predicted molar refractivity (Wildman–Crippen MR) is 73.8 cm³/mol. The Balaban J connectivity index is 1.81. The van der Waals surface area contributed by atoms with Crippen molar-refractivity contribution >= 4 is 5.91 Å². The second-order valence-corrected chi connectivity index (χ2v) is 5.36. The molecule has 1 atom stereocenters. The molecule has 0 N–H and O–H groups in total. The van der Waals surface area contributed by atoms with Gasteiger partial charge in [0.15, 0.2) is 11.5 Å². The Morgan fingerprint density at radius 2 is 1.83 bits per heavy atom. The average Bonchev–Trinajstić information content (AvgIpc) is 2.96. The number of halogens is 4. The van der Waals surface area contributed by atoms with Crippen LogP contribution in [0.15, 0.2) is 30.5 Å². The summed E-state index contributed by atoms with van der Waals surface area (Å²) >= 11 is 0. The minimum atomic E-state index is -1.06. The molecular weight excluding hydrogens is 312 g/mol. The van der Waals surface area contributed by atoms with Gasteiger partial charge in [0.05, 0.1) is 6.20 Å². The van der Waals surface area contributed by atoms with Gasteiger partial charge in [-0.15, -0.1) is 0 Å². The number of hydrogen-bond donors (Lipinski definition) is 0. The van der Waals surface area contributed by atoms with E-state index in [2.05, 4.69) is 4.98 Å². The Hall–Kier alpha value is -2.44. The Kier molecular flexibility index (Phi) is 4.02. The van der Waals surface area contributed by atoms with Gasteiger partial charge in [-0.2, -0.15) is 0 Å². The van der Waals surface area contributed by atoms with Crippen molar-refractivity contribution in [1.82, 2.24) is 9.88 Å². The molecule has 1 saturated heterocycles. The minimum absolute atomic E-state index is 0.0508. The molecule has 7 heteroatoms. The number of aromatic nitrogens is 1. The lowest BCUT2D eigenvalue weighted by molar-refractivity contribution is 0.0779. The van der Waals surface area contributed by atoms with Gasteiger partial charge in [-0.05, 0) is 18.6 Å². The monoisotopic (exact) mass is 324 g/mol. The number of carbonyl (C=O) groups excluding carboxylic acids is 1. The minimum Gasteiger partial charge on any atom is -0.337 e. The average molecular weight is 324 g/mol. The Morgan fingerprint density at radius 3 is 2.48 bits per heavy atom. The summed E-state index contributed by atoms with van der Waals surface area (Å²) in [7, 11) is 0. The fourth-order valence-corrected chi connectivity index (χ4v) is 2.80. The molecule has 1 aliphatic heterocycles. The topological polar surface area (TPSA) is 33.2 Å². The Bertz CT molecular complexity index is 745. The quantitative estimate of drug-likeness (QED) is 0.795. The summed E-state index contributed by atoms with van der Waals surface area (Å²) < 4.78 is 54.1. The van der Waals surface area contributed by atoms with Gasteiger partial charge in [0, 0.05) is 30.6 Å². The first-order chi connectivity index (χ1) is 11.0. The Morgan fingerprint density at radius 1 is 1.13 bits per heavy atom. The zero-order valence-electron chi connectivity index (χ0n) is 11.9. The van der Waals surface area contributed by atoms with E-state index in [-0.39, 0.29) is 18.7 Å². The fraction of sp³-hybridized carbons (Fsp3) is 0.250. The highest BCUT2D eigenvalue weighted by atomic mass is 19.1. The van der Waals surface area contributed by atoms with Crippen LogP contribution in [0, 0.1) is 23.3 Å². The Labute approximate surface area is 129 Å². The van der Waals surface area contributed by atoms with Crippen molar-refractivity contribution in [1.29, 1.82) is 0 Å². The summed E-state index contributed by atoms with van der Waals surface area (Å²) in [5.74, 6) is -4.52. The van der Waals surface area contributed by atoms with Crippen LogP contribution < -0.4 is 0 Å². The molecule has 2 aromatic rings. The molecular formula is C16H12F4N2O. The summed E-state index contributed by atoms with van der Waals surface area (Å²) in [6.07, 6.45) is 1.10. The number of carbonyl (C=O) groups is 1. The van der Waals surface area contributed by atoms with E-state index in [9.17, 15) is 22.4 Å². The molecule has 1 aliphatic rings. The van der Waals surface area contributed by atoms with Crippen LogP contribution in [0.4, 0.5) is 17.6 Å². The number of benzene rings is 1. The van der Waals surface area contributed by atoms with Crippen molar-refractivity contribution in [2.24, 2.45) is 0 Å². The maximum atomic E-state index is 13.8. The largest absolute Gasteiger partial charge is 0.337 e. The molecule has 0 unspecified atom stereocenters. The zero-order chi connectivity index (χ0) is 16.6. The van der Waals surface area contributed by atoms with Gasteiger partial charge < -0.3 is 4.90 Å². The predicted octanol–water partition coefficient (Wildman–Crippen LogP) is 3.27. The van der Waals surface area contributed by atoms with Crippen molar-refractivity contribution in [2.45, 2.75) is 12.3 Å². The molecule has 0 radical (unpaired) electrons. The maximum absolute atomic E-state index is 13.8. The first-order valence-corrected chi connectivity index (χ1v) is 7.01. The van der Waals surface area contributed by atoms with Crippen LogP contribution >= 0.6 is 0 Å². The molecule has 0 aliphatic carbocycles. The van der Waals surface area contributed by atoms with E-state index in [1.165, 1.54) is 11.0 Å². The SMILES string of the molecule is O=C(c1ncc(F)cc1F)N1CC[C@H](c2c(F)cccc2F)C1. The summed E-state index contributed by atoms with van der Waals surface area (Å²) in [6, 6.07) is 4.16. The van der Waals surface area contributed by atoms with Gasteiger partial charge >= 0.3 is 0 Å². The van der Waals surface area contributed by atoms with Gasteiger partial charge in [0.25, 0.3) is 5.91 Å². The number of hydrogen-bond acceptors (Lipinski definition) is 2. The normalized spacial score (nSPS) is 17.6. The van der Waals surface area contributed by atoms with Crippen molar-refractivity contribution in [2.75, 3.05) is 13.1 Å². The van der Waals surface area contributed by atoms with Crippen molar-refractivity contribution in [3.8, 4) is 0 Å². The van der Waals surface area contributed by atoms with Crippen LogP contribution in [0.25, 0.3) is 0 Å².